The Morgan fingerprint density at radius 3 is 2.76 bits per heavy atom. The highest BCUT2D eigenvalue weighted by atomic mass is 16.5. The molecule has 0 radical (unpaired) electrons. The van der Waals surface area contributed by atoms with Crippen molar-refractivity contribution in [1.29, 1.82) is 0 Å². The van der Waals surface area contributed by atoms with Crippen LogP contribution in [0, 0.1) is 0 Å². The van der Waals surface area contributed by atoms with Crippen LogP contribution < -0.4 is 5.73 Å². The molecule has 0 bridgehead atoms. The summed E-state index contributed by atoms with van der Waals surface area (Å²) in [6, 6.07) is 9.76. The smallest absolute Gasteiger partial charge is 0.233 e. The summed E-state index contributed by atoms with van der Waals surface area (Å²) in [5.74, 6) is 1.18. The number of hydrogen-bond acceptors (Lipinski definition) is 5. The lowest BCUT2D eigenvalue weighted by Crippen LogP contribution is -2.27. The first-order valence-electron chi connectivity index (χ1n) is 7.49. The van der Waals surface area contributed by atoms with E-state index in [0.717, 1.165) is 18.4 Å². The highest BCUT2D eigenvalue weighted by molar-refractivity contribution is 5.23. The first kappa shape index (κ1) is 14.2. The fraction of sp³-hybridized carbons (Fsp3) is 0.500. The Kier molecular flexibility index (Phi) is 4.31. The van der Waals surface area contributed by atoms with Crippen LogP contribution >= 0.6 is 0 Å². The molecule has 21 heavy (non-hydrogen) atoms. The maximum atomic E-state index is 6.06. The second kappa shape index (κ2) is 6.37. The molecule has 1 saturated carbocycles. The third-order valence-electron chi connectivity index (χ3n) is 4.02. The number of hydrogen-bond donors (Lipinski definition) is 1. The van der Waals surface area contributed by atoms with Crippen LogP contribution in [-0.4, -0.2) is 22.9 Å². The Bertz CT molecular complexity index is 566. The van der Waals surface area contributed by atoms with Gasteiger partial charge in [-0.1, -0.05) is 35.5 Å². The second-order valence-corrected chi connectivity index (χ2v) is 5.62. The summed E-state index contributed by atoms with van der Waals surface area (Å²) in [6.07, 6.45) is 3.89. The molecular formula is C16H21N3O2. The maximum Gasteiger partial charge on any atom is 0.233 e. The van der Waals surface area contributed by atoms with Crippen molar-refractivity contribution in [3.05, 3.63) is 47.6 Å². The van der Waals surface area contributed by atoms with Gasteiger partial charge in [0.1, 0.15) is 0 Å². The van der Waals surface area contributed by atoms with Crippen LogP contribution in [-0.2, 0) is 4.74 Å². The standard InChI is InChI=1S/C16H21N3O2/c1-11(12-6-3-2-4-7-12)16-18-15(19-21-16)14(17)10-20-13-8-5-9-13/h2-4,6-7,11,13-14H,5,8-10,17H2,1H3. The summed E-state index contributed by atoms with van der Waals surface area (Å²) < 4.78 is 11.1. The van der Waals surface area contributed by atoms with Crippen LogP contribution in [0.3, 0.4) is 0 Å². The van der Waals surface area contributed by atoms with Crippen LogP contribution in [0.2, 0.25) is 0 Å². The van der Waals surface area contributed by atoms with E-state index in [0.29, 0.717) is 24.4 Å². The van der Waals surface area contributed by atoms with Crippen molar-refractivity contribution < 1.29 is 9.26 Å². The van der Waals surface area contributed by atoms with Gasteiger partial charge in [0.05, 0.1) is 24.7 Å². The Labute approximate surface area is 124 Å². The van der Waals surface area contributed by atoms with Gasteiger partial charge in [0.25, 0.3) is 0 Å². The van der Waals surface area contributed by atoms with E-state index in [1.165, 1.54) is 6.42 Å². The largest absolute Gasteiger partial charge is 0.376 e. The molecule has 2 N–H and O–H groups in total. The zero-order valence-corrected chi connectivity index (χ0v) is 12.2. The quantitative estimate of drug-likeness (QED) is 0.884. The van der Waals surface area contributed by atoms with Gasteiger partial charge >= 0.3 is 0 Å². The SMILES string of the molecule is CC(c1ccccc1)c1nc(C(N)COC2CCC2)no1. The van der Waals surface area contributed by atoms with Gasteiger partial charge in [0.2, 0.25) is 5.89 Å². The van der Waals surface area contributed by atoms with Crippen LogP contribution in [0.15, 0.2) is 34.9 Å². The number of nitrogens with zero attached hydrogens (tertiary/aromatic N) is 2. The average Bonchev–Trinajstić information content (AvgIpc) is 2.95. The van der Waals surface area contributed by atoms with Gasteiger partial charge in [0, 0.05) is 0 Å². The van der Waals surface area contributed by atoms with Gasteiger partial charge in [-0.25, -0.2) is 0 Å². The molecule has 5 heteroatoms. The molecule has 5 nitrogen and oxygen atoms in total. The summed E-state index contributed by atoms with van der Waals surface area (Å²) >= 11 is 0. The molecule has 0 amide bonds. The third-order valence-corrected chi connectivity index (χ3v) is 4.02. The molecule has 1 aliphatic carbocycles. The van der Waals surface area contributed by atoms with Gasteiger partial charge in [-0.15, -0.1) is 0 Å². The van der Waals surface area contributed by atoms with E-state index in [-0.39, 0.29) is 12.0 Å². The van der Waals surface area contributed by atoms with E-state index < -0.39 is 0 Å². The number of ether oxygens (including phenoxy) is 1. The van der Waals surface area contributed by atoms with Crippen molar-refractivity contribution in [2.75, 3.05) is 6.61 Å². The number of rotatable bonds is 6. The summed E-state index contributed by atoms with van der Waals surface area (Å²) in [5.41, 5.74) is 7.21. The lowest BCUT2D eigenvalue weighted by Gasteiger charge is -2.26. The van der Waals surface area contributed by atoms with Gasteiger partial charge < -0.3 is 15.0 Å². The third kappa shape index (κ3) is 3.31. The van der Waals surface area contributed by atoms with Gasteiger partial charge in [-0.05, 0) is 31.7 Å². The fourth-order valence-corrected chi connectivity index (χ4v) is 2.31. The highest BCUT2D eigenvalue weighted by Gasteiger charge is 2.22. The summed E-state index contributed by atoms with van der Waals surface area (Å²) in [4.78, 5) is 4.43. The Morgan fingerprint density at radius 1 is 1.33 bits per heavy atom. The fourth-order valence-electron chi connectivity index (χ4n) is 2.31. The van der Waals surface area contributed by atoms with Crippen LogP contribution in [0.1, 0.15) is 55.4 Å². The lowest BCUT2D eigenvalue weighted by atomic mass is 9.96. The molecule has 2 aromatic rings. The van der Waals surface area contributed by atoms with Crippen molar-refractivity contribution in [3.8, 4) is 0 Å². The summed E-state index contributed by atoms with van der Waals surface area (Å²) in [6.45, 7) is 2.49. The van der Waals surface area contributed by atoms with Crippen molar-refractivity contribution in [1.82, 2.24) is 10.1 Å². The van der Waals surface area contributed by atoms with E-state index in [2.05, 4.69) is 10.1 Å². The van der Waals surface area contributed by atoms with Crippen molar-refractivity contribution in [2.24, 2.45) is 5.73 Å². The van der Waals surface area contributed by atoms with Crippen molar-refractivity contribution >= 4 is 0 Å². The van der Waals surface area contributed by atoms with Gasteiger partial charge in [-0.3, -0.25) is 0 Å². The topological polar surface area (TPSA) is 74.2 Å². The molecule has 0 aliphatic heterocycles. The molecular weight excluding hydrogens is 266 g/mol. The number of nitrogens with two attached hydrogens (primary N) is 1. The zero-order chi connectivity index (χ0) is 14.7. The monoisotopic (exact) mass is 287 g/mol. The van der Waals surface area contributed by atoms with E-state index in [1.54, 1.807) is 0 Å². The lowest BCUT2D eigenvalue weighted by molar-refractivity contribution is -0.00549. The molecule has 1 aliphatic rings. The number of benzene rings is 1. The molecule has 1 heterocycles. The van der Waals surface area contributed by atoms with Crippen LogP contribution in [0.25, 0.3) is 0 Å². The minimum Gasteiger partial charge on any atom is -0.376 e. The zero-order valence-electron chi connectivity index (χ0n) is 12.2. The average molecular weight is 287 g/mol. The predicted octanol–water partition coefficient (Wildman–Crippen LogP) is 2.79. The first-order chi connectivity index (χ1) is 10.2. The summed E-state index contributed by atoms with van der Waals surface area (Å²) in [7, 11) is 0. The normalized spacial score (nSPS) is 18.2. The molecule has 0 saturated heterocycles. The molecule has 1 aromatic heterocycles. The van der Waals surface area contributed by atoms with E-state index in [4.69, 9.17) is 15.0 Å². The molecule has 3 rings (SSSR count). The van der Waals surface area contributed by atoms with E-state index in [1.807, 2.05) is 37.3 Å². The molecule has 2 atom stereocenters. The molecule has 112 valence electrons. The van der Waals surface area contributed by atoms with Crippen molar-refractivity contribution in [2.45, 2.75) is 44.2 Å². The van der Waals surface area contributed by atoms with Gasteiger partial charge in [-0.2, -0.15) is 4.98 Å². The number of aromatic nitrogens is 2. The molecule has 1 fully saturated rings. The van der Waals surface area contributed by atoms with E-state index in [9.17, 15) is 0 Å². The van der Waals surface area contributed by atoms with Gasteiger partial charge in [0.15, 0.2) is 5.82 Å². The first-order valence-corrected chi connectivity index (χ1v) is 7.49. The second-order valence-electron chi connectivity index (χ2n) is 5.62. The van der Waals surface area contributed by atoms with E-state index >= 15 is 0 Å². The minimum absolute atomic E-state index is 0.0622. The van der Waals surface area contributed by atoms with Crippen LogP contribution in [0.5, 0.6) is 0 Å². The van der Waals surface area contributed by atoms with Crippen LogP contribution in [0.4, 0.5) is 0 Å². The van der Waals surface area contributed by atoms with Crippen molar-refractivity contribution in [3.63, 3.8) is 0 Å². The minimum atomic E-state index is -0.328. The Morgan fingerprint density at radius 2 is 2.10 bits per heavy atom. The molecule has 2 unspecified atom stereocenters. The predicted molar refractivity (Wildman–Crippen MR) is 78.8 cm³/mol. The Hall–Kier alpha value is -1.72. The summed E-state index contributed by atoms with van der Waals surface area (Å²) in [5, 5.41) is 3.99. The Balaban J connectivity index is 1.62. The molecule has 0 spiro atoms. The molecule has 1 aromatic carbocycles. The highest BCUT2D eigenvalue weighted by Crippen LogP contribution is 2.25. The maximum absolute atomic E-state index is 6.06.